The zero-order valence-corrected chi connectivity index (χ0v) is 11.7. The number of nitrogens with one attached hydrogen (secondary N) is 1. The van der Waals surface area contributed by atoms with Crippen LogP contribution in [0, 0.1) is 6.92 Å². The maximum absolute atomic E-state index is 11.9. The lowest BCUT2D eigenvalue weighted by Crippen LogP contribution is -2.49. The second-order valence-corrected chi connectivity index (χ2v) is 6.75. The van der Waals surface area contributed by atoms with E-state index in [9.17, 15) is 13.2 Å². The minimum Gasteiger partial charge on any atom is -0.351 e. The minimum absolute atomic E-state index is 0.147. The molecule has 0 radical (unpaired) electrons. The summed E-state index contributed by atoms with van der Waals surface area (Å²) in [7, 11) is -3.21. The second kappa shape index (κ2) is 5.30. The molecule has 0 aromatic carbocycles. The first kappa shape index (κ1) is 14.0. The number of carbonyl (C=O) groups is 1. The monoisotopic (exact) mass is 287 g/mol. The van der Waals surface area contributed by atoms with Crippen LogP contribution in [0.3, 0.4) is 0 Å². The van der Waals surface area contributed by atoms with E-state index in [1.807, 2.05) is 0 Å². The van der Waals surface area contributed by atoms with Crippen molar-refractivity contribution in [1.82, 2.24) is 14.8 Å². The molecular formula is C11H17N3O4S. The first-order chi connectivity index (χ1) is 8.86. The average molecular weight is 287 g/mol. The molecule has 0 spiro atoms. The number of hydrogen-bond donors (Lipinski definition) is 1. The Hall–Kier alpha value is -1.41. The fourth-order valence-electron chi connectivity index (χ4n) is 2.09. The van der Waals surface area contributed by atoms with E-state index in [4.69, 9.17) is 4.52 Å². The predicted octanol–water partition coefficient (Wildman–Crippen LogP) is 0.137. The number of amides is 1. The molecule has 1 fully saturated rings. The summed E-state index contributed by atoms with van der Waals surface area (Å²) in [6.45, 7) is 2.54. The fourth-order valence-corrected chi connectivity index (χ4v) is 3.00. The van der Waals surface area contributed by atoms with Gasteiger partial charge >= 0.3 is 0 Å². The zero-order valence-electron chi connectivity index (χ0n) is 10.9. The molecule has 0 aliphatic carbocycles. The summed E-state index contributed by atoms with van der Waals surface area (Å²) in [6, 6.07) is 1.35. The highest BCUT2D eigenvalue weighted by Crippen LogP contribution is 2.14. The Labute approximate surface area is 112 Å². The van der Waals surface area contributed by atoms with Gasteiger partial charge in [0.15, 0.2) is 0 Å². The summed E-state index contributed by atoms with van der Waals surface area (Å²) in [5, 5.41) is 6.41. The lowest BCUT2D eigenvalue weighted by Gasteiger charge is -2.31. The van der Waals surface area contributed by atoms with Crippen molar-refractivity contribution >= 4 is 15.9 Å². The number of sulfonamides is 1. The first-order valence-corrected chi connectivity index (χ1v) is 7.90. The lowest BCUT2D eigenvalue weighted by molar-refractivity contribution is 0.0884. The highest BCUT2D eigenvalue weighted by atomic mass is 32.2. The van der Waals surface area contributed by atoms with E-state index >= 15 is 0 Å². The van der Waals surface area contributed by atoms with Crippen LogP contribution in [0.4, 0.5) is 0 Å². The van der Waals surface area contributed by atoms with Gasteiger partial charge in [-0.15, -0.1) is 0 Å². The van der Waals surface area contributed by atoms with Crippen molar-refractivity contribution in [3.63, 3.8) is 0 Å². The van der Waals surface area contributed by atoms with Gasteiger partial charge < -0.3 is 9.84 Å². The molecule has 1 atom stereocenters. The quantitative estimate of drug-likeness (QED) is 0.853. The van der Waals surface area contributed by atoms with Gasteiger partial charge in [0.05, 0.1) is 11.9 Å². The molecule has 1 saturated heterocycles. The zero-order chi connectivity index (χ0) is 14.0. The smallest absolute Gasteiger partial charge is 0.290 e. The lowest BCUT2D eigenvalue weighted by atomic mass is 10.1. The van der Waals surface area contributed by atoms with Crippen LogP contribution < -0.4 is 5.32 Å². The molecule has 1 aromatic heterocycles. The number of hydrogen-bond acceptors (Lipinski definition) is 5. The van der Waals surface area contributed by atoms with Crippen LogP contribution in [0.5, 0.6) is 0 Å². The van der Waals surface area contributed by atoms with E-state index in [1.54, 1.807) is 13.0 Å². The van der Waals surface area contributed by atoms with Gasteiger partial charge in [-0.25, -0.2) is 12.7 Å². The standard InChI is InChI=1S/C11H17N3O4S/c1-8-6-10(18-13-8)11(15)12-9-4-3-5-14(7-9)19(2,16)17/h6,9H,3-5,7H2,1-2H3,(H,12,15). The molecule has 1 unspecified atom stereocenters. The van der Waals surface area contributed by atoms with Gasteiger partial charge in [-0.2, -0.15) is 0 Å². The Morgan fingerprint density at radius 1 is 1.58 bits per heavy atom. The summed E-state index contributed by atoms with van der Waals surface area (Å²) in [4.78, 5) is 11.9. The number of nitrogens with zero attached hydrogens (tertiary/aromatic N) is 2. The van der Waals surface area contributed by atoms with Crippen LogP contribution in [0.25, 0.3) is 0 Å². The van der Waals surface area contributed by atoms with Crippen molar-refractivity contribution in [1.29, 1.82) is 0 Å². The molecule has 0 saturated carbocycles. The Bertz CT molecular complexity index is 566. The maximum Gasteiger partial charge on any atom is 0.290 e. The van der Waals surface area contributed by atoms with E-state index in [1.165, 1.54) is 10.6 Å². The third kappa shape index (κ3) is 3.54. The topological polar surface area (TPSA) is 92.5 Å². The number of aryl methyl sites for hydroxylation is 1. The van der Waals surface area contributed by atoms with E-state index in [0.717, 1.165) is 12.8 Å². The Morgan fingerprint density at radius 2 is 2.32 bits per heavy atom. The van der Waals surface area contributed by atoms with E-state index in [2.05, 4.69) is 10.5 Å². The van der Waals surface area contributed by atoms with Gasteiger partial charge in [0, 0.05) is 25.2 Å². The summed E-state index contributed by atoms with van der Waals surface area (Å²) in [5.41, 5.74) is 0.631. The van der Waals surface area contributed by atoms with Gasteiger partial charge in [0.1, 0.15) is 0 Å². The highest BCUT2D eigenvalue weighted by Gasteiger charge is 2.27. The molecule has 106 valence electrons. The minimum atomic E-state index is -3.21. The van der Waals surface area contributed by atoms with Crippen LogP contribution >= 0.6 is 0 Å². The molecule has 1 amide bonds. The van der Waals surface area contributed by atoms with Crippen molar-refractivity contribution in [3.05, 3.63) is 17.5 Å². The SMILES string of the molecule is Cc1cc(C(=O)NC2CCCN(S(C)(=O)=O)C2)on1. The van der Waals surface area contributed by atoms with Gasteiger partial charge in [0.2, 0.25) is 15.8 Å². The Morgan fingerprint density at radius 3 is 2.89 bits per heavy atom. The first-order valence-electron chi connectivity index (χ1n) is 6.05. The van der Waals surface area contributed by atoms with Gasteiger partial charge in [-0.1, -0.05) is 5.16 Å². The number of carbonyl (C=O) groups excluding carboxylic acids is 1. The maximum atomic E-state index is 11.9. The van der Waals surface area contributed by atoms with Gasteiger partial charge in [-0.3, -0.25) is 4.79 Å². The molecule has 8 heteroatoms. The number of aromatic nitrogens is 1. The van der Waals surface area contributed by atoms with Crippen LogP contribution in [-0.4, -0.2) is 49.2 Å². The summed E-state index contributed by atoms with van der Waals surface area (Å²) < 4.78 is 29.2. The normalized spacial score (nSPS) is 21.3. The summed E-state index contributed by atoms with van der Waals surface area (Å²) in [5.74, 6) is -0.213. The van der Waals surface area contributed by atoms with E-state index in [-0.39, 0.29) is 17.7 Å². The molecular weight excluding hydrogens is 270 g/mol. The van der Waals surface area contributed by atoms with Crippen LogP contribution in [-0.2, 0) is 10.0 Å². The third-order valence-corrected chi connectivity index (χ3v) is 4.31. The molecule has 1 aromatic rings. The predicted molar refractivity (Wildman–Crippen MR) is 68.1 cm³/mol. The van der Waals surface area contributed by atoms with Crippen molar-refractivity contribution in [3.8, 4) is 0 Å². The molecule has 2 rings (SSSR count). The van der Waals surface area contributed by atoms with E-state index in [0.29, 0.717) is 18.8 Å². The molecule has 1 aliphatic heterocycles. The molecule has 2 heterocycles. The summed E-state index contributed by atoms with van der Waals surface area (Å²) in [6.07, 6.45) is 2.66. The number of rotatable bonds is 3. The van der Waals surface area contributed by atoms with Crippen molar-refractivity contribution < 1.29 is 17.7 Å². The molecule has 1 N–H and O–H groups in total. The van der Waals surface area contributed by atoms with Crippen molar-refractivity contribution in [2.24, 2.45) is 0 Å². The summed E-state index contributed by atoms with van der Waals surface area (Å²) >= 11 is 0. The van der Waals surface area contributed by atoms with Crippen LogP contribution in [0.1, 0.15) is 29.1 Å². The largest absolute Gasteiger partial charge is 0.351 e. The molecule has 19 heavy (non-hydrogen) atoms. The highest BCUT2D eigenvalue weighted by molar-refractivity contribution is 7.88. The van der Waals surface area contributed by atoms with Crippen LogP contribution in [0.15, 0.2) is 10.6 Å². The third-order valence-electron chi connectivity index (χ3n) is 3.04. The van der Waals surface area contributed by atoms with Gasteiger partial charge in [-0.05, 0) is 19.8 Å². The van der Waals surface area contributed by atoms with Crippen molar-refractivity contribution in [2.75, 3.05) is 19.3 Å². The number of piperidine rings is 1. The fraction of sp³-hybridized carbons (Fsp3) is 0.636. The second-order valence-electron chi connectivity index (χ2n) is 4.77. The van der Waals surface area contributed by atoms with Crippen molar-refractivity contribution in [2.45, 2.75) is 25.8 Å². The average Bonchev–Trinajstić information content (AvgIpc) is 2.75. The molecule has 7 nitrogen and oxygen atoms in total. The Kier molecular flexibility index (Phi) is 3.91. The van der Waals surface area contributed by atoms with Crippen LogP contribution in [0.2, 0.25) is 0 Å². The Balaban J connectivity index is 1.98. The van der Waals surface area contributed by atoms with E-state index < -0.39 is 10.0 Å². The molecule has 1 aliphatic rings. The van der Waals surface area contributed by atoms with Gasteiger partial charge in [0.25, 0.3) is 5.91 Å². The molecule has 0 bridgehead atoms.